The topological polar surface area (TPSA) is 91.3 Å². The van der Waals surface area contributed by atoms with Crippen molar-refractivity contribution in [1.29, 1.82) is 0 Å². The van der Waals surface area contributed by atoms with E-state index >= 15 is 0 Å². The van der Waals surface area contributed by atoms with Crippen LogP contribution in [0.1, 0.15) is 52.4 Å². The van der Waals surface area contributed by atoms with Crippen molar-refractivity contribution < 1.29 is 24.2 Å². The number of nitrogens with one attached hydrogen (secondary N) is 1. The molecule has 2 amide bonds. The Bertz CT molecular complexity index is 1910. The van der Waals surface area contributed by atoms with Gasteiger partial charge in [0.05, 0.1) is 29.8 Å². The Kier molecular flexibility index (Phi) is 11.7. The summed E-state index contributed by atoms with van der Waals surface area (Å²) in [6.07, 6.45) is -0.342. The van der Waals surface area contributed by atoms with Crippen LogP contribution in [0.25, 0.3) is 0 Å². The molecule has 0 saturated heterocycles. The highest BCUT2D eigenvalue weighted by Crippen LogP contribution is 2.36. The molecule has 1 aliphatic heterocycles. The molecule has 0 aliphatic carbocycles. The maximum atomic E-state index is 14.2. The average molecular weight is 698 g/mol. The molecule has 5 aromatic rings. The van der Waals surface area contributed by atoms with E-state index in [4.69, 9.17) is 9.47 Å². The highest BCUT2D eigenvalue weighted by atomic mass is 16.5. The number of fused-ring (bicyclic) bond motifs is 1. The van der Waals surface area contributed by atoms with Gasteiger partial charge in [0.1, 0.15) is 17.6 Å². The first-order chi connectivity index (χ1) is 25.2. The first-order valence-electron chi connectivity index (χ1n) is 17.8. The van der Waals surface area contributed by atoms with E-state index in [2.05, 4.69) is 29.3 Å². The molecular formula is C44H47N3O5. The summed E-state index contributed by atoms with van der Waals surface area (Å²) >= 11 is 0. The zero-order valence-electron chi connectivity index (χ0n) is 30.2. The zero-order chi connectivity index (χ0) is 36.6. The van der Waals surface area contributed by atoms with Gasteiger partial charge >= 0.3 is 0 Å². The summed E-state index contributed by atoms with van der Waals surface area (Å²) < 4.78 is 12.9. The Morgan fingerprint density at radius 1 is 0.904 bits per heavy atom. The van der Waals surface area contributed by atoms with Crippen LogP contribution in [0.3, 0.4) is 0 Å². The Labute approximate surface area is 306 Å². The number of aryl methyl sites for hydroxylation is 1. The number of hydrogen-bond donors (Lipinski definition) is 2. The Morgan fingerprint density at radius 2 is 1.54 bits per heavy atom. The lowest BCUT2D eigenvalue weighted by Crippen LogP contribution is -2.49. The zero-order valence-corrected chi connectivity index (χ0v) is 30.2. The summed E-state index contributed by atoms with van der Waals surface area (Å²) in [5.41, 5.74) is 4.67. The van der Waals surface area contributed by atoms with Gasteiger partial charge in [-0.1, -0.05) is 104 Å². The van der Waals surface area contributed by atoms with E-state index < -0.39 is 12.0 Å². The number of carbonyl (C=O) groups is 2. The van der Waals surface area contributed by atoms with Crippen molar-refractivity contribution in [1.82, 2.24) is 9.80 Å². The number of para-hydroxylation sites is 2. The molecule has 1 heterocycles. The van der Waals surface area contributed by atoms with Crippen molar-refractivity contribution in [3.05, 3.63) is 155 Å². The minimum absolute atomic E-state index is 0.0939. The SMILES string of the molecule is Cc1ccccc1Oc1ccc(CN(C)C[C@H]2Oc3c(NC(=O)C(c4ccccc4)c4ccccc4)cccc3C(=O)N([C@@H](C)CO)C[C@H]2C)cc1. The van der Waals surface area contributed by atoms with Crippen LogP contribution in [0.2, 0.25) is 0 Å². The molecule has 8 nitrogen and oxygen atoms in total. The van der Waals surface area contributed by atoms with Crippen LogP contribution < -0.4 is 14.8 Å². The fraction of sp³-hybridized carbons (Fsp3) is 0.273. The molecule has 268 valence electrons. The number of hydrogen-bond acceptors (Lipinski definition) is 6. The highest BCUT2D eigenvalue weighted by molar-refractivity contribution is 6.03. The van der Waals surface area contributed by atoms with Crippen LogP contribution in [0, 0.1) is 12.8 Å². The largest absolute Gasteiger partial charge is 0.486 e. The summed E-state index contributed by atoms with van der Waals surface area (Å²) in [5, 5.41) is 13.3. The number of anilines is 1. The van der Waals surface area contributed by atoms with Crippen molar-refractivity contribution in [2.24, 2.45) is 5.92 Å². The molecule has 0 unspecified atom stereocenters. The van der Waals surface area contributed by atoms with Crippen LogP contribution in [-0.2, 0) is 11.3 Å². The molecule has 0 bridgehead atoms. The standard InChI is InChI=1S/C44H47N3O5/c1-30-14-11-12-21-39(30)51-36-24-22-33(23-25-36)27-46(4)28-40-31(2)26-47(32(3)29-48)44(50)37-19-13-20-38(42(37)52-40)45-43(49)41(34-15-7-5-8-16-34)35-17-9-6-10-18-35/h5-25,31-32,40-41,48H,26-29H2,1-4H3,(H,45,49)/t31-,32+,40-/m1/s1. The van der Waals surface area contributed by atoms with Gasteiger partial charge in [-0.15, -0.1) is 0 Å². The fourth-order valence-corrected chi connectivity index (χ4v) is 6.69. The molecule has 0 fully saturated rings. The normalized spacial score (nSPS) is 16.4. The van der Waals surface area contributed by atoms with E-state index in [1.54, 1.807) is 23.1 Å². The van der Waals surface area contributed by atoms with Gasteiger partial charge in [-0.05, 0) is 73.5 Å². The van der Waals surface area contributed by atoms with Crippen LogP contribution in [-0.4, -0.2) is 65.6 Å². The van der Waals surface area contributed by atoms with Gasteiger partial charge in [-0.3, -0.25) is 14.5 Å². The lowest BCUT2D eigenvalue weighted by Gasteiger charge is -2.38. The smallest absolute Gasteiger partial charge is 0.258 e. The van der Waals surface area contributed by atoms with Crippen molar-refractivity contribution in [3.63, 3.8) is 0 Å². The number of likely N-dealkylation sites (N-methyl/N-ethyl adjacent to an activating group) is 1. The van der Waals surface area contributed by atoms with Crippen LogP contribution >= 0.6 is 0 Å². The minimum atomic E-state index is -0.581. The van der Waals surface area contributed by atoms with Crippen molar-refractivity contribution in [3.8, 4) is 17.2 Å². The van der Waals surface area contributed by atoms with Gasteiger partial charge in [0.15, 0.2) is 5.75 Å². The molecule has 3 atom stereocenters. The van der Waals surface area contributed by atoms with E-state index in [1.165, 1.54) is 0 Å². The van der Waals surface area contributed by atoms with Crippen molar-refractivity contribution >= 4 is 17.5 Å². The van der Waals surface area contributed by atoms with Crippen LogP contribution in [0.5, 0.6) is 17.2 Å². The Balaban J connectivity index is 1.26. The van der Waals surface area contributed by atoms with Gasteiger partial charge in [0, 0.05) is 25.6 Å². The second-order valence-corrected chi connectivity index (χ2v) is 13.8. The first-order valence-corrected chi connectivity index (χ1v) is 17.8. The van der Waals surface area contributed by atoms with Crippen molar-refractivity contribution in [2.75, 3.05) is 32.1 Å². The molecule has 0 aromatic heterocycles. The lowest BCUT2D eigenvalue weighted by molar-refractivity contribution is -0.116. The predicted molar refractivity (Wildman–Crippen MR) is 205 cm³/mol. The third-order valence-corrected chi connectivity index (χ3v) is 9.67. The third-order valence-electron chi connectivity index (χ3n) is 9.67. The molecule has 1 aliphatic rings. The summed E-state index contributed by atoms with van der Waals surface area (Å²) in [6.45, 7) is 7.38. The second kappa shape index (κ2) is 16.7. The van der Waals surface area contributed by atoms with E-state index in [0.717, 1.165) is 33.8 Å². The molecular weight excluding hydrogens is 651 g/mol. The molecule has 6 rings (SSSR count). The summed E-state index contributed by atoms with van der Waals surface area (Å²) in [5.74, 6) is 0.777. The Morgan fingerprint density at radius 3 is 2.17 bits per heavy atom. The maximum Gasteiger partial charge on any atom is 0.258 e. The molecule has 2 N–H and O–H groups in total. The molecule has 0 saturated carbocycles. The molecule has 8 heteroatoms. The number of amides is 2. The second-order valence-electron chi connectivity index (χ2n) is 13.8. The van der Waals surface area contributed by atoms with Crippen LogP contribution in [0.4, 0.5) is 5.69 Å². The number of aliphatic hydroxyl groups is 1. The molecule has 0 radical (unpaired) electrons. The monoisotopic (exact) mass is 697 g/mol. The van der Waals surface area contributed by atoms with Gasteiger partial charge in [-0.25, -0.2) is 0 Å². The van der Waals surface area contributed by atoms with Gasteiger partial charge in [0.25, 0.3) is 5.91 Å². The number of benzene rings is 5. The first kappa shape index (κ1) is 36.4. The van der Waals surface area contributed by atoms with Crippen molar-refractivity contribution in [2.45, 2.75) is 45.4 Å². The molecule has 0 spiro atoms. The Hall–Kier alpha value is -5.44. The van der Waals surface area contributed by atoms with E-state index in [0.29, 0.717) is 36.6 Å². The summed E-state index contributed by atoms with van der Waals surface area (Å²) in [4.78, 5) is 32.2. The number of ether oxygens (including phenoxy) is 2. The molecule has 5 aromatic carbocycles. The van der Waals surface area contributed by atoms with Gasteiger partial charge < -0.3 is 24.8 Å². The van der Waals surface area contributed by atoms with E-state index in [1.807, 2.05) is 118 Å². The highest BCUT2D eigenvalue weighted by Gasteiger charge is 2.35. The number of aliphatic hydroxyl groups excluding tert-OH is 1. The number of nitrogens with zero attached hydrogens (tertiary/aromatic N) is 2. The average Bonchev–Trinajstić information content (AvgIpc) is 3.15. The lowest BCUT2D eigenvalue weighted by atomic mass is 9.90. The van der Waals surface area contributed by atoms with Gasteiger partial charge in [0.2, 0.25) is 5.91 Å². The molecule has 52 heavy (non-hydrogen) atoms. The van der Waals surface area contributed by atoms with Gasteiger partial charge in [-0.2, -0.15) is 0 Å². The predicted octanol–water partition coefficient (Wildman–Crippen LogP) is 7.91. The van der Waals surface area contributed by atoms with Crippen LogP contribution in [0.15, 0.2) is 127 Å². The summed E-state index contributed by atoms with van der Waals surface area (Å²) in [7, 11) is 2.05. The minimum Gasteiger partial charge on any atom is -0.486 e. The number of carbonyl (C=O) groups excluding carboxylic acids is 2. The van der Waals surface area contributed by atoms with E-state index in [-0.39, 0.29) is 30.4 Å². The number of rotatable bonds is 12. The quantitative estimate of drug-likeness (QED) is 0.138. The maximum absolute atomic E-state index is 14.2. The van der Waals surface area contributed by atoms with E-state index in [9.17, 15) is 14.7 Å². The summed E-state index contributed by atoms with van der Waals surface area (Å²) in [6, 6.07) is 40.2. The fourth-order valence-electron chi connectivity index (χ4n) is 6.69. The third kappa shape index (κ3) is 8.53.